The monoisotopic (exact) mass is 192 g/mol. The fourth-order valence-corrected chi connectivity index (χ4v) is 0.885. The highest BCUT2D eigenvalue weighted by Crippen LogP contribution is 2.14. The average molecular weight is 193 g/mol. The van der Waals surface area contributed by atoms with Crippen LogP contribution in [0.15, 0.2) is 10.8 Å². The minimum absolute atomic E-state index is 0.105. The molecule has 0 bridgehead atoms. The molecule has 0 saturated heterocycles. The number of carbonyl (C=O) groups is 2. The Balaban J connectivity index is 4.60. The zero-order chi connectivity index (χ0) is 9.72. The van der Waals surface area contributed by atoms with E-state index in [2.05, 4.69) is 4.74 Å². The van der Waals surface area contributed by atoms with Gasteiger partial charge in [0, 0.05) is 6.92 Å². The summed E-state index contributed by atoms with van der Waals surface area (Å²) in [4.78, 5) is 20.8. The summed E-state index contributed by atoms with van der Waals surface area (Å²) in [6.45, 7) is 2.76. The summed E-state index contributed by atoms with van der Waals surface area (Å²) in [5.41, 5.74) is -0.105. The second kappa shape index (κ2) is 4.77. The Kier molecular flexibility index (Phi) is 4.36. The Hall–Kier alpha value is -1.03. The molecule has 0 aliphatic rings. The van der Waals surface area contributed by atoms with Crippen molar-refractivity contribution >= 4 is 23.5 Å². The number of hydrogen-bond donors (Lipinski definition) is 1. The molecule has 12 heavy (non-hydrogen) atoms. The lowest BCUT2D eigenvalue weighted by atomic mass is 10.2. The molecule has 68 valence electrons. The van der Waals surface area contributed by atoms with Crippen LogP contribution < -0.4 is 0 Å². The van der Waals surface area contributed by atoms with Crippen molar-refractivity contribution in [3.8, 4) is 0 Å². The molecule has 0 aliphatic carbocycles. The van der Waals surface area contributed by atoms with E-state index >= 15 is 0 Å². The van der Waals surface area contributed by atoms with Gasteiger partial charge in [-0.1, -0.05) is 6.92 Å². The van der Waals surface area contributed by atoms with Gasteiger partial charge >= 0.3 is 11.9 Å². The Morgan fingerprint density at radius 2 is 2.00 bits per heavy atom. The number of carbonyl (C=O) groups excluding carboxylic acids is 1. The molecule has 0 atom stereocenters. The first-order valence-electron chi connectivity index (χ1n) is 3.29. The van der Waals surface area contributed by atoms with E-state index in [-0.39, 0.29) is 17.2 Å². The zero-order valence-electron chi connectivity index (χ0n) is 6.76. The van der Waals surface area contributed by atoms with Crippen LogP contribution in [0.4, 0.5) is 0 Å². The Labute approximate surface area is 74.8 Å². The van der Waals surface area contributed by atoms with Crippen molar-refractivity contribution in [2.75, 3.05) is 0 Å². The second-order valence-corrected chi connectivity index (χ2v) is 2.35. The number of rotatable bonds is 3. The van der Waals surface area contributed by atoms with Crippen LogP contribution in [0.25, 0.3) is 0 Å². The summed E-state index contributed by atoms with van der Waals surface area (Å²) >= 11 is 5.39. The maximum absolute atomic E-state index is 10.4. The molecule has 0 amide bonds. The lowest BCUT2D eigenvalue weighted by molar-refractivity contribution is -0.136. The zero-order valence-corrected chi connectivity index (χ0v) is 7.51. The molecule has 0 aromatic rings. The number of aliphatic carboxylic acids is 1. The number of carboxylic acids is 1. The standard InChI is InChI=1S/C7H9ClO4/c1-3-5(7(10)11)6(8)12-4(2)9/h3H2,1-2H3,(H,10,11). The van der Waals surface area contributed by atoms with Crippen LogP contribution in [-0.4, -0.2) is 17.0 Å². The van der Waals surface area contributed by atoms with Crippen molar-refractivity contribution in [1.29, 1.82) is 0 Å². The highest BCUT2D eigenvalue weighted by molar-refractivity contribution is 6.30. The first kappa shape index (κ1) is 11.0. The van der Waals surface area contributed by atoms with Crippen LogP contribution in [0.3, 0.4) is 0 Å². The Morgan fingerprint density at radius 1 is 1.50 bits per heavy atom. The molecule has 1 N–H and O–H groups in total. The molecule has 0 radical (unpaired) electrons. The number of esters is 1. The highest BCUT2D eigenvalue weighted by Gasteiger charge is 2.13. The summed E-state index contributed by atoms with van der Waals surface area (Å²) in [5, 5.41) is 8.16. The molecule has 0 unspecified atom stereocenters. The molecular weight excluding hydrogens is 184 g/mol. The fourth-order valence-electron chi connectivity index (χ4n) is 0.562. The molecule has 0 aromatic carbocycles. The van der Waals surface area contributed by atoms with Crippen molar-refractivity contribution in [2.24, 2.45) is 0 Å². The van der Waals surface area contributed by atoms with Gasteiger partial charge in [0.1, 0.15) is 0 Å². The van der Waals surface area contributed by atoms with E-state index in [0.29, 0.717) is 0 Å². The van der Waals surface area contributed by atoms with Crippen LogP contribution in [-0.2, 0) is 14.3 Å². The van der Waals surface area contributed by atoms with E-state index < -0.39 is 11.9 Å². The van der Waals surface area contributed by atoms with Gasteiger partial charge in [-0.15, -0.1) is 0 Å². The van der Waals surface area contributed by atoms with Gasteiger partial charge in [-0.25, -0.2) is 4.79 Å². The molecule has 0 saturated carbocycles. The SMILES string of the molecule is CCC(C(=O)O)=C(Cl)OC(C)=O. The van der Waals surface area contributed by atoms with Crippen LogP contribution in [0, 0.1) is 0 Å². The molecular formula is C7H9ClO4. The minimum Gasteiger partial charge on any atom is -0.478 e. The lowest BCUT2D eigenvalue weighted by Gasteiger charge is -2.02. The largest absolute Gasteiger partial charge is 0.478 e. The van der Waals surface area contributed by atoms with Gasteiger partial charge in [0.05, 0.1) is 5.57 Å². The molecule has 0 aliphatic heterocycles. The summed E-state index contributed by atoms with van der Waals surface area (Å²) in [6.07, 6.45) is 0.210. The van der Waals surface area contributed by atoms with E-state index in [1.54, 1.807) is 6.92 Å². The van der Waals surface area contributed by atoms with E-state index in [1.165, 1.54) is 0 Å². The quantitative estimate of drug-likeness (QED) is 0.418. The number of ether oxygens (including phenoxy) is 1. The Bertz CT molecular complexity index is 232. The number of halogens is 1. The van der Waals surface area contributed by atoms with Gasteiger partial charge in [0.15, 0.2) is 0 Å². The molecule has 0 aromatic heterocycles. The second-order valence-electron chi connectivity index (χ2n) is 2.00. The van der Waals surface area contributed by atoms with Crippen molar-refractivity contribution in [3.63, 3.8) is 0 Å². The van der Waals surface area contributed by atoms with E-state index in [9.17, 15) is 9.59 Å². The topological polar surface area (TPSA) is 63.6 Å². The van der Waals surface area contributed by atoms with Crippen molar-refractivity contribution < 1.29 is 19.4 Å². The van der Waals surface area contributed by atoms with E-state index in [4.69, 9.17) is 16.7 Å². The van der Waals surface area contributed by atoms with Gasteiger partial charge in [0.25, 0.3) is 0 Å². The van der Waals surface area contributed by atoms with Crippen LogP contribution in [0.1, 0.15) is 20.3 Å². The Morgan fingerprint density at radius 3 is 2.25 bits per heavy atom. The maximum atomic E-state index is 10.4. The molecule has 0 rings (SSSR count). The molecule has 5 heteroatoms. The normalized spacial score (nSPS) is 11.9. The fraction of sp³-hybridized carbons (Fsp3) is 0.429. The molecule has 0 spiro atoms. The summed E-state index contributed by atoms with van der Waals surface area (Å²) < 4.78 is 4.39. The molecule has 0 fully saturated rings. The third kappa shape index (κ3) is 3.39. The van der Waals surface area contributed by atoms with Crippen LogP contribution in [0.2, 0.25) is 0 Å². The van der Waals surface area contributed by atoms with Crippen molar-refractivity contribution in [2.45, 2.75) is 20.3 Å². The van der Waals surface area contributed by atoms with Gasteiger partial charge in [-0.05, 0) is 18.0 Å². The van der Waals surface area contributed by atoms with Crippen molar-refractivity contribution in [1.82, 2.24) is 0 Å². The van der Waals surface area contributed by atoms with E-state index in [1.807, 2.05) is 0 Å². The lowest BCUT2D eigenvalue weighted by Crippen LogP contribution is -2.05. The first-order valence-corrected chi connectivity index (χ1v) is 3.67. The maximum Gasteiger partial charge on any atom is 0.336 e. The average Bonchev–Trinajstić information content (AvgIpc) is 1.85. The van der Waals surface area contributed by atoms with Gasteiger partial charge in [-0.2, -0.15) is 0 Å². The predicted molar refractivity (Wildman–Crippen MR) is 42.6 cm³/mol. The summed E-state index contributed by atoms with van der Waals surface area (Å²) in [5.74, 6) is -1.81. The molecule has 4 nitrogen and oxygen atoms in total. The van der Waals surface area contributed by atoms with Crippen LogP contribution >= 0.6 is 11.6 Å². The third-order valence-electron chi connectivity index (χ3n) is 1.08. The van der Waals surface area contributed by atoms with Crippen molar-refractivity contribution in [3.05, 3.63) is 10.8 Å². The third-order valence-corrected chi connectivity index (χ3v) is 1.39. The summed E-state index contributed by atoms with van der Waals surface area (Å²) in [7, 11) is 0. The number of hydrogen-bond acceptors (Lipinski definition) is 3. The van der Waals surface area contributed by atoms with Gasteiger partial charge in [0.2, 0.25) is 5.22 Å². The van der Waals surface area contributed by atoms with E-state index in [0.717, 1.165) is 6.92 Å². The smallest absolute Gasteiger partial charge is 0.336 e. The van der Waals surface area contributed by atoms with Gasteiger partial charge in [-0.3, -0.25) is 4.79 Å². The first-order chi connectivity index (χ1) is 5.49. The van der Waals surface area contributed by atoms with Gasteiger partial charge < -0.3 is 9.84 Å². The van der Waals surface area contributed by atoms with Crippen LogP contribution in [0.5, 0.6) is 0 Å². The molecule has 0 heterocycles. The summed E-state index contributed by atoms with van der Waals surface area (Å²) in [6, 6.07) is 0. The number of carboxylic acid groups (broad SMARTS) is 1. The predicted octanol–water partition coefficient (Wildman–Crippen LogP) is 1.49. The highest BCUT2D eigenvalue weighted by atomic mass is 35.5. The minimum atomic E-state index is -1.18.